The number of nitro benzene ring substituents is 2. The molecule has 0 aliphatic heterocycles. The zero-order chi connectivity index (χ0) is 20.6. The summed E-state index contributed by atoms with van der Waals surface area (Å²) in [6.45, 7) is 0. The van der Waals surface area contributed by atoms with Crippen molar-refractivity contribution in [3.05, 3.63) is 67.8 Å². The standard InChI is InChI=1S/C8H6N2O3.C8H7NO5/c1-13-7-2-3-8(10(11)12)6(4-7)5-9;1-14-5-2-3-7(9(12)13)6(4-5)8(10)11/h2-4H,1H3;2-4H,1H3,(H,10,11). The predicted molar refractivity (Wildman–Crippen MR) is 91.0 cm³/mol. The van der Waals surface area contributed by atoms with Crippen molar-refractivity contribution in [2.24, 2.45) is 0 Å². The summed E-state index contributed by atoms with van der Waals surface area (Å²) in [4.78, 5) is 30.1. The molecule has 0 unspecified atom stereocenters. The van der Waals surface area contributed by atoms with E-state index in [0.717, 1.165) is 12.1 Å². The van der Waals surface area contributed by atoms with Gasteiger partial charge in [-0.3, -0.25) is 20.2 Å². The highest BCUT2D eigenvalue weighted by molar-refractivity contribution is 5.92. The topological polar surface area (TPSA) is 166 Å². The Kier molecular flexibility index (Phi) is 7.20. The highest BCUT2D eigenvalue weighted by atomic mass is 16.6. The molecule has 11 nitrogen and oxygen atoms in total. The lowest BCUT2D eigenvalue weighted by molar-refractivity contribution is -0.385. The van der Waals surface area contributed by atoms with Gasteiger partial charge in [-0.25, -0.2) is 4.79 Å². The number of benzene rings is 2. The van der Waals surface area contributed by atoms with Crippen LogP contribution in [0.25, 0.3) is 0 Å². The van der Waals surface area contributed by atoms with Crippen molar-refractivity contribution in [2.75, 3.05) is 14.2 Å². The van der Waals surface area contributed by atoms with E-state index in [2.05, 4.69) is 0 Å². The molecule has 0 saturated carbocycles. The van der Waals surface area contributed by atoms with Gasteiger partial charge >= 0.3 is 5.97 Å². The molecule has 0 aliphatic rings. The first kappa shape index (κ1) is 20.8. The van der Waals surface area contributed by atoms with Crippen molar-refractivity contribution in [3.8, 4) is 17.6 Å². The Labute approximate surface area is 152 Å². The van der Waals surface area contributed by atoms with Crippen LogP contribution in [0.2, 0.25) is 0 Å². The molecule has 11 heteroatoms. The molecule has 0 aliphatic carbocycles. The van der Waals surface area contributed by atoms with Gasteiger partial charge in [0.15, 0.2) is 0 Å². The molecular formula is C16H13N3O8. The minimum atomic E-state index is -1.35. The molecule has 0 aromatic heterocycles. The number of carbonyl (C=O) groups is 1. The quantitative estimate of drug-likeness (QED) is 0.610. The van der Waals surface area contributed by atoms with E-state index in [1.807, 2.05) is 0 Å². The SMILES string of the molecule is COc1ccc([N+](=O)[O-])c(C#N)c1.COc1ccc([N+](=O)[O-])c(C(=O)O)c1. The number of methoxy groups -OCH3 is 2. The van der Waals surface area contributed by atoms with Crippen molar-refractivity contribution in [1.29, 1.82) is 5.26 Å². The van der Waals surface area contributed by atoms with Gasteiger partial charge in [-0.2, -0.15) is 5.26 Å². The summed E-state index contributed by atoms with van der Waals surface area (Å²) in [5.74, 6) is -0.647. The Bertz CT molecular complexity index is 920. The molecule has 0 atom stereocenters. The summed E-state index contributed by atoms with van der Waals surface area (Å²) in [5, 5.41) is 38.1. The fourth-order valence-corrected chi connectivity index (χ4v) is 1.86. The number of hydrogen-bond donors (Lipinski definition) is 1. The maximum atomic E-state index is 10.6. The Balaban J connectivity index is 0.000000271. The van der Waals surface area contributed by atoms with E-state index in [-0.39, 0.29) is 22.6 Å². The first-order valence-corrected chi connectivity index (χ1v) is 7.03. The number of carboxylic acids is 1. The number of carboxylic acid groups (broad SMARTS) is 1. The van der Waals surface area contributed by atoms with Gasteiger partial charge in [-0.15, -0.1) is 0 Å². The fraction of sp³-hybridized carbons (Fsp3) is 0.125. The van der Waals surface area contributed by atoms with Crippen LogP contribution < -0.4 is 9.47 Å². The largest absolute Gasteiger partial charge is 0.497 e. The van der Waals surface area contributed by atoms with Crippen LogP contribution >= 0.6 is 0 Å². The van der Waals surface area contributed by atoms with Crippen LogP contribution in [0.1, 0.15) is 15.9 Å². The second kappa shape index (κ2) is 9.33. The molecule has 2 aromatic carbocycles. The van der Waals surface area contributed by atoms with Gasteiger partial charge in [0.05, 0.1) is 24.1 Å². The number of aromatic carboxylic acids is 1. The Morgan fingerprint density at radius 2 is 1.48 bits per heavy atom. The molecule has 140 valence electrons. The van der Waals surface area contributed by atoms with E-state index in [1.165, 1.54) is 38.5 Å². The third-order valence-corrected chi connectivity index (χ3v) is 3.15. The Hall–Kier alpha value is -4.20. The number of hydrogen-bond acceptors (Lipinski definition) is 8. The first-order valence-electron chi connectivity index (χ1n) is 7.03. The van der Waals surface area contributed by atoms with Crippen molar-refractivity contribution in [1.82, 2.24) is 0 Å². The molecule has 0 spiro atoms. The first-order chi connectivity index (χ1) is 12.7. The van der Waals surface area contributed by atoms with Gasteiger partial charge in [0.2, 0.25) is 0 Å². The van der Waals surface area contributed by atoms with Gasteiger partial charge in [0.1, 0.15) is 28.7 Å². The van der Waals surface area contributed by atoms with Gasteiger partial charge in [0.25, 0.3) is 11.4 Å². The van der Waals surface area contributed by atoms with Crippen LogP contribution in [0.4, 0.5) is 11.4 Å². The number of nitriles is 1. The second-order valence-corrected chi connectivity index (χ2v) is 4.70. The van der Waals surface area contributed by atoms with E-state index in [9.17, 15) is 25.0 Å². The molecule has 0 radical (unpaired) electrons. The summed E-state index contributed by atoms with van der Waals surface area (Å²) in [7, 11) is 2.79. The zero-order valence-corrected chi connectivity index (χ0v) is 14.1. The van der Waals surface area contributed by atoms with Crippen molar-refractivity contribution in [3.63, 3.8) is 0 Å². The van der Waals surface area contributed by atoms with E-state index in [0.29, 0.717) is 5.75 Å². The summed E-state index contributed by atoms with van der Waals surface area (Å²) in [6.07, 6.45) is 0. The number of ether oxygens (including phenoxy) is 2. The van der Waals surface area contributed by atoms with Crippen molar-refractivity contribution in [2.45, 2.75) is 0 Å². The monoisotopic (exact) mass is 375 g/mol. The molecular weight excluding hydrogens is 362 g/mol. The van der Waals surface area contributed by atoms with Gasteiger partial charge in [0, 0.05) is 24.3 Å². The van der Waals surface area contributed by atoms with E-state index in [4.69, 9.17) is 19.8 Å². The van der Waals surface area contributed by atoms with Crippen LogP contribution in [0, 0.1) is 31.6 Å². The number of rotatable bonds is 5. The average Bonchev–Trinajstić information content (AvgIpc) is 2.66. The van der Waals surface area contributed by atoms with Crippen LogP contribution in [0.5, 0.6) is 11.5 Å². The smallest absolute Gasteiger partial charge is 0.342 e. The van der Waals surface area contributed by atoms with Crippen molar-refractivity contribution < 1.29 is 29.2 Å². The van der Waals surface area contributed by atoms with Gasteiger partial charge < -0.3 is 14.6 Å². The minimum absolute atomic E-state index is 0.00403. The summed E-state index contributed by atoms with van der Waals surface area (Å²) in [6, 6.07) is 9.30. The summed E-state index contributed by atoms with van der Waals surface area (Å²) < 4.78 is 9.57. The van der Waals surface area contributed by atoms with Crippen LogP contribution in [0.3, 0.4) is 0 Å². The lowest BCUT2D eigenvalue weighted by atomic mass is 10.2. The molecule has 0 amide bonds. The lowest BCUT2D eigenvalue weighted by Crippen LogP contribution is -2.02. The number of nitro groups is 2. The maximum Gasteiger partial charge on any atom is 0.342 e. The molecule has 0 heterocycles. The van der Waals surface area contributed by atoms with Gasteiger partial charge in [-0.1, -0.05) is 0 Å². The predicted octanol–water partition coefficient (Wildman–Crippen LogP) is 2.78. The normalized spacial score (nSPS) is 9.22. The van der Waals surface area contributed by atoms with E-state index < -0.39 is 21.5 Å². The summed E-state index contributed by atoms with van der Waals surface area (Å²) >= 11 is 0. The highest BCUT2D eigenvalue weighted by Crippen LogP contribution is 2.24. The fourth-order valence-electron chi connectivity index (χ4n) is 1.86. The second-order valence-electron chi connectivity index (χ2n) is 4.70. The molecule has 1 N–H and O–H groups in total. The minimum Gasteiger partial charge on any atom is -0.497 e. The number of nitrogens with zero attached hydrogens (tertiary/aromatic N) is 3. The Morgan fingerprint density at radius 3 is 1.89 bits per heavy atom. The third kappa shape index (κ3) is 5.40. The molecule has 2 aromatic rings. The van der Waals surface area contributed by atoms with Crippen LogP contribution in [-0.4, -0.2) is 35.1 Å². The van der Waals surface area contributed by atoms with Crippen LogP contribution in [-0.2, 0) is 0 Å². The molecule has 27 heavy (non-hydrogen) atoms. The van der Waals surface area contributed by atoms with Crippen molar-refractivity contribution >= 4 is 17.3 Å². The van der Waals surface area contributed by atoms with Gasteiger partial charge in [-0.05, 0) is 12.1 Å². The van der Waals surface area contributed by atoms with E-state index in [1.54, 1.807) is 6.07 Å². The molecule has 2 rings (SSSR count). The zero-order valence-electron chi connectivity index (χ0n) is 14.1. The summed E-state index contributed by atoms with van der Waals surface area (Å²) in [5.41, 5.74) is -1.03. The highest BCUT2D eigenvalue weighted by Gasteiger charge is 2.20. The third-order valence-electron chi connectivity index (χ3n) is 3.15. The average molecular weight is 375 g/mol. The molecule has 0 bridgehead atoms. The molecule has 0 saturated heterocycles. The maximum absolute atomic E-state index is 10.6. The Morgan fingerprint density at radius 1 is 1.00 bits per heavy atom. The lowest BCUT2D eigenvalue weighted by Gasteiger charge is -2.01. The molecule has 0 fully saturated rings. The van der Waals surface area contributed by atoms with Crippen LogP contribution in [0.15, 0.2) is 36.4 Å². The van der Waals surface area contributed by atoms with E-state index >= 15 is 0 Å².